The normalized spacial score (nSPS) is 24.4. The molecule has 2 heterocycles. The first-order chi connectivity index (χ1) is 9.12. The van der Waals surface area contributed by atoms with Gasteiger partial charge >= 0.3 is 0 Å². The quantitative estimate of drug-likeness (QED) is 0.871. The lowest BCUT2D eigenvalue weighted by molar-refractivity contribution is -0.132. The minimum Gasteiger partial charge on any atom is -0.339 e. The second-order valence-corrected chi connectivity index (χ2v) is 5.86. The van der Waals surface area contributed by atoms with Crippen LogP contribution in [0.15, 0.2) is 4.63 Å². The summed E-state index contributed by atoms with van der Waals surface area (Å²) < 4.78 is 4.67. The lowest BCUT2D eigenvalue weighted by atomic mass is 9.91. The van der Waals surface area contributed by atoms with Crippen molar-refractivity contribution in [3.63, 3.8) is 0 Å². The Morgan fingerprint density at radius 3 is 2.84 bits per heavy atom. The molecule has 1 unspecified atom stereocenters. The lowest BCUT2D eigenvalue weighted by Crippen LogP contribution is -2.34. The van der Waals surface area contributed by atoms with Gasteiger partial charge in [-0.3, -0.25) is 4.79 Å². The van der Waals surface area contributed by atoms with Gasteiger partial charge in [0.25, 0.3) is 0 Å². The van der Waals surface area contributed by atoms with E-state index in [0.717, 1.165) is 43.7 Å². The van der Waals surface area contributed by atoms with Gasteiger partial charge in [0.05, 0.1) is 6.54 Å². The van der Waals surface area contributed by atoms with E-state index in [0.29, 0.717) is 6.54 Å². The first kappa shape index (κ1) is 12.6. The minimum absolute atomic E-state index is 0.208. The average molecular weight is 264 g/mol. The van der Waals surface area contributed by atoms with Crippen molar-refractivity contribution in [3.05, 3.63) is 11.4 Å². The third-order valence-electron chi connectivity index (χ3n) is 4.60. The molecular weight excluding hydrogens is 244 g/mol. The molecule has 0 aromatic carbocycles. The number of carbonyl (C=O) groups excluding carboxylic acids is 1. The fraction of sp³-hybridized carbons (Fsp3) is 0.769. The number of aromatic nitrogens is 2. The van der Waals surface area contributed by atoms with Crippen LogP contribution in [0.5, 0.6) is 0 Å². The number of nitrogens with zero attached hydrogens (tertiary/aromatic N) is 3. The summed E-state index contributed by atoms with van der Waals surface area (Å²) >= 11 is 0. The van der Waals surface area contributed by atoms with E-state index in [4.69, 9.17) is 0 Å². The summed E-state index contributed by atoms with van der Waals surface area (Å²) in [7, 11) is 1.84. The van der Waals surface area contributed by atoms with Gasteiger partial charge < -0.3 is 10.2 Å². The molecule has 1 aliphatic heterocycles. The molecule has 1 amide bonds. The zero-order valence-electron chi connectivity index (χ0n) is 11.5. The molecule has 1 saturated carbocycles. The maximum absolute atomic E-state index is 12.4. The van der Waals surface area contributed by atoms with Crippen molar-refractivity contribution < 1.29 is 9.42 Å². The summed E-state index contributed by atoms with van der Waals surface area (Å²) in [6.45, 7) is 4.41. The third-order valence-corrected chi connectivity index (χ3v) is 4.60. The van der Waals surface area contributed by atoms with Crippen LogP contribution in [-0.4, -0.2) is 41.3 Å². The van der Waals surface area contributed by atoms with Gasteiger partial charge in [-0.2, -0.15) is 0 Å². The van der Waals surface area contributed by atoms with Crippen LogP contribution < -0.4 is 5.32 Å². The molecule has 1 aliphatic carbocycles. The number of aryl methyl sites for hydroxylation is 1. The van der Waals surface area contributed by atoms with E-state index in [1.54, 1.807) is 4.90 Å². The monoisotopic (exact) mass is 264 g/mol. The fourth-order valence-corrected chi connectivity index (χ4v) is 3.14. The van der Waals surface area contributed by atoms with E-state index in [9.17, 15) is 4.79 Å². The van der Waals surface area contributed by atoms with Crippen molar-refractivity contribution in [1.29, 1.82) is 0 Å². The number of hydrogen-bond donors (Lipinski definition) is 1. The van der Waals surface area contributed by atoms with Crippen LogP contribution in [0.3, 0.4) is 0 Å². The molecule has 19 heavy (non-hydrogen) atoms. The van der Waals surface area contributed by atoms with E-state index in [2.05, 4.69) is 20.3 Å². The van der Waals surface area contributed by atoms with E-state index < -0.39 is 0 Å². The molecule has 1 spiro atoms. The molecule has 1 aromatic rings. The van der Waals surface area contributed by atoms with Gasteiger partial charge in [0.15, 0.2) is 0 Å². The summed E-state index contributed by atoms with van der Waals surface area (Å²) in [5, 5.41) is 10.9. The van der Waals surface area contributed by atoms with Crippen molar-refractivity contribution in [2.45, 2.75) is 32.7 Å². The highest BCUT2D eigenvalue weighted by atomic mass is 16.6. The van der Waals surface area contributed by atoms with Gasteiger partial charge in [0.2, 0.25) is 5.91 Å². The predicted octanol–water partition coefficient (Wildman–Crippen LogP) is 0.726. The van der Waals surface area contributed by atoms with Crippen molar-refractivity contribution in [2.24, 2.45) is 11.3 Å². The number of rotatable bonds is 3. The Morgan fingerprint density at radius 1 is 1.47 bits per heavy atom. The number of hydrogen-bond acceptors (Lipinski definition) is 5. The number of nitrogens with one attached hydrogen (secondary N) is 1. The molecule has 0 bridgehead atoms. The predicted molar refractivity (Wildman–Crippen MR) is 68.2 cm³/mol. The standard InChI is InChI=1S/C13H20N4O2/c1-9-11(16-19-15-9)8-17(2)12(18)10-7-13(10)3-5-14-6-4-13/h10,14H,3-8H2,1-2H3. The van der Waals surface area contributed by atoms with Gasteiger partial charge in [0.1, 0.15) is 11.4 Å². The zero-order chi connectivity index (χ0) is 13.5. The summed E-state index contributed by atoms with van der Waals surface area (Å²) in [5.74, 6) is 0.448. The van der Waals surface area contributed by atoms with Gasteiger partial charge in [-0.1, -0.05) is 10.3 Å². The molecule has 1 saturated heterocycles. The fourth-order valence-electron chi connectivity index (χ4n) is 3.14. The highest BCUT2D eigenvalue weighted by Gasteiger charge is 2.58. The van der Waals surface area contributed by atoms with Gasteiger partial charge in [-0.25, -0.2) is 4.63 Å². The topological polar surface area (TPSA) is 71.3 Å². The Balaban J connectivity index is 1.60. The van der Waals surface area contributed by atoms with E-state index in [1.165, 1.54) is 0 Å². The van der Waals surface area contributed by atoms with Crippen LogP contribution >= 0.6 is 0 Å². The second kappa shape index (κ2) is 4.59. The van der Waals surface area contributed by atoms with Gasteiger partial charge in [-0.05, 0) is 44.7 Å². The van der Waals surface area contributed by atoms with Crippen molar-refractivity contribution in [2.75, 3.05) is 20.1 Å². The molecule has 2 aliphatic rings. The molecule has 1 N–H and O–H groups in total. The van der Waals surface area contributed by atoms with Crippen LogP contribution in [0.4, 0.5) is 0 Å². The Bertz CT molecular complexity index is 479. The highest BCUT2D eigenvalue weighted by Crippen LogP contribution is 2.59. The lowest BCUT2D eigenvalue weighted by Gasteiger charge is -2.24. The Hall–Kier alpha value is -1.43. The summed E-state index contributed by atoms with van der Waals surface area (Å²) in [5.41, 5.74) is 1.79. The maximum Gasteiger partial charge on any atom is 0.226 e. The molecule has 2 fully saturated rings. The number of amides is 1. The smallest absolute Gasteiger partial charge is 0.226 e. The van der Waals surface area contributed by atoms with Crippen molar-refractivity contribution in [1.82, 2.24) is 20.5 Å². The number of piperidine rings is 1. The van der Waals surface area contributed by atoms with Gasteiger partial charge in [0, 0.05) is 13.0 Å². The summed E-state index contributed by atoms with van der Waals surface area (Å²) in [6, 6.07) is 0. The van der Waals surface area contributed by atoms with Crippen molar-refractivity contribution in [3.8, 4) is 0 Å². The molecule has 0 radical (unpaired) electrons. The SMILES string of the molecule is Cc1nonc1CN(C)C(=O)C1CC12CCNCC2. The van der Waals surface area contributed by atoms with E-state index >= 15 is 0 Å². The zero-order valence-corrected chi connectivity index (χ0v) is 11.5. The first-order valence-electron chi connectivity index (χ1n) is 6.86. The molecular formula is C13H20N4O2. The maximum atomic E-state index is 12.4. The molecule has 6 heteroatoms. The molecule has 3 rings (SSSR count). The van der Waals surface area contributed by atoms with Crippen LogP contribution in [0.1, 0.15) is 30.7 Å². The summed E-state index contributed by atoms with van der Waals surface area (Å²) in [6.07, 6.45) is 3.30. The van der Waals surface area contributed by atoms with E-state index in [1.807, 2.05) is 14.0 Å². The molecule has 104 valence electrons. The first-order valence-corrected chi connectivity index (χ1v) is 6.86. The second-order valence-electron chi connectivity index (χ2n) is 5.86. The third kappa shape index (κ3) is 2.25. The van der Waals surface area contributed by atoms with Crippen LogP contribution in [0.25, 0.3) is 0 Å². The Kier molecular flexibility index (Phi) is 3.05. The van der Waals surface area contributed by atoms with Crippen LogP contribution in [0.2, 0.25) is 0 Å². The van der Waals surface area contributed by atoms with Crippen molar-refractivity contribution >= 4 is 5.91 Å². The van der Waals surface area contributed by atoms with Gasteiger partial charge in [-0.15, -0.1) is 0 Å². The van der Waals surface area contributed by atoms with Crippen LogP contribution in [0, 0.1) is 18.3 Å². The molecule has 6 nitrogen and oxygen atoms in total. The van der Waals surface area contributed by atoms with Crippen LogP contribution in [-0.2, 0) is 11.3 Å². The largest absolute Gasteiger partial charge is 0.339 e. The molecule has 1 atom stereocenters. The number of carbonyl (C=O) groups is 1. The Morgan fingerprint density at radius 2 is 2.21 bits per heavy atom. The Labute approximate surface area is 112 Å². The average Bonchev–Trinajstić information content (AvgIpc) is 2.94. The minimum atomic E-state index is 0.208. The molecule has 1 aromatic heterocycles. The summed E-state index contributed by atoms with van der Waals surface area (Å²) in [4.78, 5) is 14.2. The highest BCUT2D eigenvalue weighted by molar-refractivity contribution is 5.82. The van der Waals surface area contributed by atoms with E-state index in [-0.39, 0.29) is 17.2 Å².